The summed E-state index contributed by atoms with van der Waals surface area (Å²) < 4.78 is 5.09. The van der Waals surface area contributed by atoms with Crippen molar-refractivity contribution in [3.63, 3.8) is 0 Å². The largest absolute Gasteiger partial charge is 0.380 e. The number of nitrogens with two attached hydrogens (primary N) is 1. The first-order valence-electron chi connectivity index (χ1n) is 4.09. The fraction of sp³-hybridized carbons (Fsp3) is 0.857. The Bertz CT molecular complexity index is 119. The summed E-state index contributed by atoms with van der Waals surface area (Å²) in [5.41, 5.74) is 4.85. The molecule has 0 heterocycles. The van der Waals surface area contributed by atoms with Crippen LogP contribution in [-0.4, -0.2) is 38.9 Å². The smallest absolute Gasteiger partial charge is 0.312 e. The molecule has 5 nitrogen and oxygen atoms in total. The number of carbonyl (C=O) groups is 1. The van der Waals surface area contributed by atoms with E-state index in [4.69, 9.17) is 10.5 Å². The lowest BCUT2D eigenvalue weighted by Crippen LogP contribution is -2.36. The number of hydrogen-bond acceptors (Lipinski definition) is 3. The van der Waals surface area contributed by atoms with E-state index in [-0.39, 0.29) is 0 Å². The van der Waals surface area contributed by atoms with Gasteiger partial charge in [0, 0.05) is 26.2 Å². The van der Waals surface area contributed by atoms with E-state index in [1.165, 1.54) is 0 Å². The Morgan fingerprint density at radius 3 is 2.75 bits per heavy atom. The van der Waals surface area contributed by atoms with Gasteiger partial charge in [0.05, 0.1) is 6.61 Å². The summed E-state index contributed by atoms with van der Waals surface area (Å²) in [4.78, 5) is 10.2. The van der Waals surface area contributed by atoms with E-state index in [1.54, 1.807) is 0 Å². The number of carbonyl (C=O) groups excluding carboxylic acids is 1. The quantitative estimate of drug-likeness (QED) is 0.447. The molecular weight excluding hydrogens is 158 g/mol. The third kappa shape index (κ3) is 9.19. The minimum Gasteiger partial charge on any atom is -0.380 e. The van der Waals surface area contributed by atoms with E-state index in [0.717, 1.165) is 19.7 Å². The summed E-state index contributed by atoms with van der Waals surface area (Å²) in [5, 5.41) is 5.55. The van der Waals surface area contributed by atoms with Crippen LogP contribution in [0.15, 0.2) is 0 Å². The first kappa shape index (κ1) is 11.2. The van der Waals surface area contributed by atoms with Crippen molar-refractivity contribution < 1.29 is 9.53 Å². The molecule has 12 heavy (non-hydrogen) atoms. The maximum Gasteiger partial charge on any atom is 0.312 e. The number of ether oxygens (including phenoxy) is 1. The number of primary amides is 1. The predicted molar refractivity (Wildman–Crippen MR) is 46.9 cm³/mol. The van der Waals surface area contributed by atoms with E-state index < -0.39 is 6.03 Å². The predicted octanol–water partition coefficient (Wildman–Crippen LogP) is -0.719. The fourth-order valence-corrected chi connectivity index (χ4v) is 0.688. The van der Waals surface area contributed by atoms with Gasteiger partial charge in [-0.15, -0.1) is 0 Å². The van der Waals surface area contributed by atoms with Crippen LogP contribution >= 0.6 is 0 Å². The summed E-state index contributed by atoms with van der Waals surface area (Å²) in [5.74, 6) is 0. The highest BCUT2D eigenvalue weighted by Crippen LogP contribution is 1.69. The Morgan fingerprint density at radius 1 is 1.42 bits per heavy atom. The lowest BCUT2D eigenvalue weighted by molar-refractivity contribution is 0.149. The Labute approximate surface area is 72.6 Å². The lowest BCUT2D eigenvalue weighted by Gasteiger charge is -2.04. The normalized spacial score (nSPS) is 9.75. The average Bonchev–Trinajstić information content (AvgIpc) is 2.02. The zero-order chi connectivity index (χ0) is 9.23. The van der Waals surface area contributed by atoms with Crippen molar-refractivity contribution in [3.8, 4) is 0 Å². The average molecular weight is 175 g/mol. The third-order valence-electron chi connectivity index (χ3n) is 1.23. The van der Waals surface area contributed by atoms with E-state index in [2.05, 4.69) is 10.6 Å². The Hall–Kier alpha value is -0.810. The molecule has 0 aliphatic rings. The van der Waals surface area contributed by atoms with Gasteiger partial charge in [0.1, 0.15) is 0 Å². The molecule has 0 saturated heterocycles. The Balaban J connectivity index is 2.86. The standard InChI is InChI=1S/C7H17N3O2/c1-2-12-6-5-9-3-4-10-7(8)11/h9H,2-6H2,1H3,(H3,8,10,11). The van der Waals surface area contributed by atoms with Crippen LogP contribution < -0.4 is 16.4 Å². The van der Waals surface area contributed by atoms with Gasteiger partial charge in [-0.25, -0.2) is 4.79 Å². The van der Waals surface area contributed by atoms with Gasteiger partial charge in [-0.2, -0.15) is 0 Å². The molecule has 0 rings (SSSR count). The third-order valence-corrected chi connectivity index (χ3v) is 1.23. The summed E-state index contributed by atoms with van der Waals surface area (Å²) in [6.45, 7) is 5.47. The number of hydrogen-bond donors (Lipinski definition) is 3. The fourth-order valence-electron chi connectivity index (χ4n) is 0.688. The molecule has 0 atom stereocenters. The molecule has 72 valence electrons. The van der Waals surface area contributed by atoms with Gasteiger partial charge >= 0.3 is 6.03 Å². The molecule has 0 aliphatic heterocycles. The van der Waals surface area contributed by atoms with Gasteiger partial charge in [-0.1, -0.05) is 0 Å². The minimum absolute atomic E-state index is 0.485. The highest BCUT2D eigenvalue weighted by Gasteiger charge is 1.89. The summed E-state index contributed by atoms with van der Waals surface area (Å²) in [7, 11) is 0. The Kier molecular flexibility index (Phi) is 7.73. The second-order valence-electron chi connectivity index (χ2n) is 2.24. The maximum absolute atomic E-state index is 10.2. The molecular formula is C7H17N3O2. The van der Waals surface area contributed by atoms with E-state index in [1.807, 2.05) is 6.92 Å². The van der Waals surface area contributed by atoms with Crippen LogP contribution in [0.4, 0.5) is 4.79 Å². The lowest BCUT2D eigenvalue weighted by atomic mass is 10.5. The second kappa shape index (κ2) is 8.29. The van der Waals surface area contributed by atoms with Crippen molar-refractivity contribution in [1.82, 2.24) is 10.6 Å². The first-order chi connectivity index (χ1) is 5.77. The van der Waals surface area contributed by atoms with Gasteiger partial charge in [0.15, 0.2) is 0 Å². The number of nitrogens with one attached hydrogen (secondary N) is 2. The molecule has 0 aromatic carbocycles. The Morgan fingerprint density at radius 2 is 2.17 bits per heavy atom. The van der Waals surface area contributed by atoms with Crippen LogP contribution in [0.2, 0.25) is 0 Å². The number of rotatable bonds is 7. The van der Waals surface area contributed by atoms with Crippen molar-refractivity contribution >= 4 is 6.03 Å². The second-order valence-corrected chi connectivity index (χ2v) is 2.24. The van der Waals surface area contributed by atoms with E-state index in [9.17, 15) is 4.79 Å². The first-order valence-corrected chi connectivity index (χ1v) is 4.09. The van der Waals surface area contributed by atoms with Crippen molar-refractivity contribution in [2.45, 2.75) is 6.92 Å². The molecule has 0 aromatic rings. The highest BCUT2D eigenvalue weighted by atomic mass is 16.5. The van der Waals surface area contributed by atoms with Gasteiger partial charge in [-0.3, -0.25) is 0 Å². The van der Waals surface area contributed by atoms with Crippen LogP contribution in [0.3, 0.4) is 0 Å². The molecule has 0 bridgehead atoms. The van der Waals surface area contributed by atoms with Crippen LogP contribution in [0, 0.1) is 0 Å². The van der Waals surface area contributed by atoms with Gasteiger partial charge in [0.2, 0.25) is 0 Å². The van der Waals surface area contributed by atoms with Crippen LogP contribution in [0.1, 0.15) is 6.92 Å². The topological polar surface area (TPSA) is 76.4 Å². The zero-order valence-electron chi connectivity index (χ0n) is 7.43. The van der Waals surface area contributed by atoms with Crippen molar-refractivity contribution in [2.24, 2.45) is 5.73 Å². The summed E-state index contributed by atoms with van der Waals surface area (Å²) >= 11 is 0. The van der Waals surface area contributed by atoms with E-state index >= 15 is 0 Å². The monoisotopic (exact) mass is 175 g/mol. The molecule has 5 heteroatoms. The van der Waals surface area contributed by atoms with Gasteiger partial charge < -0.3 is 21.1 Å². The molecule has 0 spiro atoms. The van der Waals surface area contributed by atoms with Crippen LogP contribution in [0.25, 0.3) is 0 Å². The molecule has 0 radical (unpaired) electrons. The highest BCUT2D eigenvalue weighted by molar-refractivity contribution is 5.71. The maximum atomic E-state index is 10.2. The van der Waals surface area contributed by atoms with Crippen LogP contribution in [0.5, 0.6) is 0 Å². The number of urea groups is 1. The zero-order valence-corrected chi connectivity index (χ0v) is 7.43. The molecule has 0 aliphatic carbocycles. The van der Waals surface area contributed by atoms with Crippen molar-refractivity contribution in [2.75, 3.05) is 32.8 Å². The molecule has 0 aromatic heterocycles. The van der Waals surface area contributed by atoms with E-state index in [0.29, 0.717) is 13.2 Å². The van der Waals surface area contributed by atoms with Crippen molar-refractivity contribution in [1.29, 1.82) is 0 Å². The molecule has 2 amide bonds. The molecule has 0 saturated carbocycles. The van der Waals surface area contributed by atoms with Gasteiger partial charge in [-0.05, 0) is 6.92 Å². The van der Waals surface area contributed by atoms with Gasteiger partial charge in [0.25, 0.3) is 0 Å². The van der Waals surface area contributed by atoms with Crippen molar-refractivity contribution in [3.05, 3.63) is 0 Å². The SMILES string of the molecule is CCOCCNCCNC(N)=O. The van der Waals surface area contributed by atoms with Crippen LogP contribution in [-0.2, 0) is 4.74 Å². The molecule has 4 N–H and O–H groups in total. The minimum atomic E-state index is -0.485. The number of amides is 2. The molecule has 0 fully saturated rings. The molecule has 0 unspecified atom stereocenters. The summed E-state index contributed by atoms with van der Waals surface area (Å²) in [6, 6.07) is -0.485. The summed E-state index contributed by atoms with van der Waals surface area (Å²) in [6.07, 6.45) is 0.